The van der Waals surface area contributed by atoms with Crippen LogP contribution in [0.15, 0.2) is 18.2 Å². The van der Waals surface area contributed by atoms with Crippen molar-refractivity contribution in [3.63, 3.8) is 0 Å². The molecular weight excluding hydrogens is 289 g/mol. The quantitative estimate of drug-likeness (QED) is 0.855. The third-order valence-electron chi connectivity index (χ3n) is 4.19. The molecule has 1 fully saturated rings. The van der Waals surface area contributed by atoms with Crippen molar-refractivity contribution in [2.45, 2.75) is 33.1 Å². The molecule has 0 amide bonds. The number of rotatable bonds is 6. The number of ether oxygens (including phenoxy) is 1. The molecule has 1 aliphatic rings. The Bertz CT molecular complexity index is 458. The molecule has 0 aliphatic carbocycles. The van der Waals surface area contributed by atoms with Crippen LogP contribution >= 0.6 is 11.6 Å². The number of hydrogen-bond acceptors (Lipinski definition) is 2. The summed E-state index contributed by atoms with van der Waals surface area (Å²) in [6, 6.07) is 4.72. The van der Waals surface area contributed by atoms with E-state index in [1.54, 1.807) is 0 Å². The maximum atomic E-state index is 13.2. The molecule has 0 unspecified atom stereocenters. The summed E-state index contributed by atoms with van der Waals surface area (Å²) in [5.41, 5.74) is 1.19. The summed E-state index contributed by atoms with van der Waals surface area (Å²) in [6.07, 6.45) is 2.91. The third kappa shape index (κ3) is 4.94. The zero-order valence-corrected chi connectivity index (χ0v) is 13.7. The molecule has 0 atom stereocenters. The summed E-state index contributed by atoms with van der Waals surface area (Å²) in [7, 11) is 0. The van der Waals surface area contributed by atoms with Crippen LogP contribution < -0.4 is 5.32 Å². The lowest BCUT2D eigenvalue weighted by Crippen LogP contribution is -2.41. The van der Waals surface area contributed by atoms with Crippen molar-refractivity contribution in [1.82, 2.24) is 5.32 Å². The normalized spacial score (nSPS) is 18.1. The molecular formula is C17H25ClFNO. The molecule has 0 aromatic heterocycles. The van der Waals surface area contributed by atoms with Gasteiger partial charge in [0.25, 0.3) is 0 Å². The van der Waals surface area contributed by atoms with Gasteiger partial charge in [-0.2, -0.15) is 0 Å². The summed E-state index contributed by atoms with van der Waals surface area (Å²) in [5.74, 6) is 0.360. The fourth-order valence-electron chi connectivity index (χ4n) is 2.92. The predicted molar refractivity (Wildman–Crippen MR) is 85.3 cm³/mol. The van der Waals surface area contributed by atoms with E-state index < -0.39 is 0 Å². The zero-order chi connectivity index (χ0) is 15.3. The van der Waals surface area contributed by atoms with Gasteiger partial charge in [0, 0.05) is 24.8 Å². The molecule has 1 aromatic carbocycles. The second kappa shape index (κ2) is 7.57. The van der Waals surface area contributed by atoms with Crippen LogP contribution in [0.4, 0.5) is 4.39 Å². The molecule has 0 bridgehead atoms. The highest BCUT2D eigenvalue weighted by atomic mass is 35.5. The van der Waals surface area contributed by atoms with Crippen LogP contribution in [0.3, 0.4) is 0 Å². The molecule has 1 N–H and O–H groups in total. The first kappa shape index (κ1) is 16.7. The molecule has 1 aromatic rings. The van der Waals surface area contributed by atoms with Gasteiger partial charge in [0.05, 0.1) is 0 Å². The van der Waals surface area contributed by atoms with Gasteiger partial charge < -0.3 is 10.1 Å². The van der Waals surface area contributed by atoms with Crippen LogP contribution in [0.25, 0.3) is 0 Å². The second-order valence-corrected chi connectivity index (χ2v) is 6.96. The average Bonchev–Trinajstić information content (AvgIpc) is 2.43. The number of hydrogen-bond donors (Lipinski definition) is 1. The molecule has 1 aliphatic heterocycles. The van der Waals surface area contributed by atoms with E-state index in [0.29, 0.717) is 10.9 Å². The fraction of sp³-hybridized carbons (Fsp3) is 0.647. The Hall–Kier alpha value is -0.640. The first-order valence-electron chi connectivity index (χ1n) is 7.73. The lowest BCUT2D eigenvalue weighted by Gasteiger charge is -2.38. The van der Waals surface area contributed by atoms with E-state index in [0.717, 1.165) is 51.1 Å². The van der Waals surface area contributed by atoms with Gasteiger partial charge in [-0.05, 0) is 54.8 Å². The Morgan fingerprint density at radius 2 is 2.05 bits per heavy atom. The molecule has 0 saturated carbocycles. The third-order valence-corrected chi connectivity index (χ3v) is 4.54. The topological polar surface area (TPSA) is 21.3 Å². The van der Waals surface area contributed by atoms with Gasteiger partial charge in [-0.1, -0.05) is 31.5 Å². The Balaban J connectivity index is 2.08. The number of halogens is 2. The molecule has 4 heteroatoms. The average molecular weight is 314 g/mol. The molecule has 2 rings (SSSR count). The lowest BCUT2D eigenvalue weighted by molar-refractivity contribution is 0.0147. The number of nitrogens with one attached hydrogen (secondary N) is 1. The monoisotopic (exact) mass is 313 g/mol. The Kier molecular flexibility index (Phi) is 6.03. The minimum atomic E-state index is -0.275. The van der Waals surface area contributed by atoms with E-state index in [9.17, 15) is 4.39 Å². The van der Waals surface area contributed by atoms with Crippen LogP contribution in [-0.2, 0) is 11.2 Å². The van der Waals surface area contributed by atoms with Gasteiger partial charge in [0.1, 0.15) is 5.82 Å². The van der Waals surface area contributed by atoms with Gasteiger partial charge in [-0.15, -0.1) is 0 Å². The summed E-state index contributed by atoms with van der Waals surface area (Å²) in [5, 5.41) is 4.11. The predicted octanol–water partition coefficient (Wildman–Crippen LogP) is 4.06. The SMILES string of the molecule is CC(C)CNCC1(Cc2ccc(F)cc2Cl)CCOCC1. The van der Waals surface area contributed by atoms with Gasteiger partial charge in [0.15, 0.2) is 0 Å². The minimum Gasteiger partial charge on any atom is -0.381 e. The van der Waals surface area contributed by atoms with Crippen LogP contribution in [0, 0.1) is 17.2 Å². The lowest BCUT2D eigenvalue weighted by atomic mass is 9.75. The Morgan fingerprint density at radius 1 is 1.33 bits per heavy atom. The van der Waals surface area contributed by atoms with Crippen LogP contribution in [-0.4, -0.2) is 26.3 Å². The van der Waals surface area contributed by atoms with E-state index in [1.807, 2.05) is 6.07 Å². The minimum absolute atomic E-state index is 0.161. The van der Waals surface area contributed by atoms with Crippen molar-refractivity contribution < 1.29 is 9.13 Å². The highest BCUT2D eigenvalue weighted by molar-refractivity contribution is 6.31. The van der Waals surface area contributed by atoms with E-state index in [2.05, 4.69) is 19.2 Å². The standard InChI is InChI=1S/C17H25ClFNO/c1-13(2)11-20-12-17(5-7-21-8-6-17)10-14-3-4-15(19)9-16(14)18/h3-4,9,13,20H,5-8,10-12H2,1-2H3. The Morgan fingerprint density at radius 3 is 2.67 bits per heavy atom. The summed E-state index contributed by atoms with van der Waals surface area (Å²) in [6.45, 7) is 7.98. The van der Waals surface area contributed by atoms with Gasteiger partial charge in [-0.25, -0.2) is 4.39 Å². The van der Waals surface area contributed by atoms with Gasteiger partial charge in [-0.3, -0.25) is 0 Å². The van der Waals surface area contributed by atoms with Crippen LogP contribution in [0.2, 0.25) is 5.02 Å². The molecule has 21 heavy (non-hydrogen) atoms. The molecule has 0 radical (unpaired) electrons. The Labute approximate surface area is 132 Å². The highest BCUT2D eigenvalue weighted by Gasteiger charge is 2.33. The summed E-state index contributed by atoms with van der Waals surface area (Å²) in [4.78, 5) is 0. The molecule has 118 valence electrons. The van der Waals surface area contributed by atoms with Crippen molar-refractivity contribution in [2.75, 3.05) is 26.3 Å². The van der Waals surface area contributed by atoms with E-state index >= 15 is 0 Å². The fourth-order valence-corrected chi connectivity index (χ4v) is 3.15. The van der Waals surface area contributed by atoms with Crippen molar-refractivity contribution in [2.24, 2.45) is 11.3 Å². The van der Waals surface area contributed by atoms with Crippen LogP contribution in [0.5, 0.6) is 0 Å². The van der Waals surface area contributed by atoms with Gasteiger partial charge >= 0.3 is 0 Å². The van der Waals surface area contributed by atoms with E-state index in [1.165, 1.54) is 12.1 Å². The first-order valence-corrected chi connectivity index (χ1v) is 8.11. The summed E-state index contributed by atoms with van der Waals surface area (Å²) < 4.78 is 18.7. The molecule has 0 spiro atoms. The van der Waals surface area contributed by atoms with Gasteiger partial charge in [0.2, 0.25) is 0 Å². The molecule has 2 nitrogen and oxygen atoms in total. The first-order chi connectivity index (χ1) is 10.0. The maximum Gasteiger partial charge on any atom is 0.124 e. The van der Waals surface area contributed by atoms with Crippen molar-refractivity contribution in [3.8, 4) is 0 Å². The van der Waals surface area contributed by atoms with Crippen molar-refractivity contribution in [1.29, 1.82) is 0 Å². The highest BCUT2D eigenvalue weighted by Crippen LogP contribution is 2.35. The zero-order valence-electron chi connectivity index (χ0n) is 12.9. The van der Waals surface area contributed by atoms with Crippen molar-refractivity contribution in [3.05, 3.63) is 34.6 Å². The summed E-state index contributed by atoms with van der Waals surface area (Å²) >= 11 is 6.20. The molecule has 1 heterocycles. The number of benzene rings is 1. The largest absolute Gasteiger partial charge is 0.381 e. The molecule has 1 saturated heterocycles. The smallest absolute Gasteiger partial charge is 0.124 e. The maximum absolute atomic E-state index is 13.2. The van der Waals surface area contributed by atoms with E-state index in [-0.39, 0.29) is 11.2 Å². The van der Waals surface area contributed by atoms with Crippen molar-refractivity contribution >= 4 is 11.6 Å². The van der Waals surface area contributed by atoms with Crippen LogP contribution in [0.1, 0.15) is 32.3 Å². The van der Waals surface area contributed by atoms with E-state index in [4.69, 9.17) is 16.3 Å². The second-order valence-electron chi connectivity index (χ2n) is 6.55.